The zero-order valence-electron chi connectivity index (χ0n) is 11.8. The SMILES string of the molecule is O=C(Nc1nc(CN2CCOCC2)cs1)C1CNCCO1. The Morgan fingerprint density at radius 1 is 1.48 bits per heavy atom. The zero-order valence-corrected chi connectivity index (χ0v) is 12.7. The van der Waals surface area contributed by atoms with Crippen molar-refractivity contribution in [2.75, 3.05) is 51.3 Å². The number of aromatic nitrogens is 1. The molecule has 1 aromatic rings. The number of thiazole rings is 1. The van der Waals surface area contributed by atoms with Crippen molar-refractivity contribution in [2.24, 2.45) is 0 Å². The maximum Gasteiger partial charge on any atom is 0.256 e. The normalized spacial score (nSPS) is 23.9. The lowest BCUT2D eigenvalue weighted by Crippen LogP contribution is -2.45. The first-order valence-electron chi connectivity index (χ1n) is 7.19. The monoisotopic (exact) mass is 312 g/mol. The second-order valence-corrected chi connectivity index (χ2v) is 5.94. The quantitative estimate of drug-likeness (QED) is 0.809. The van der Waals surface area contributed by atoms with Gasteiger partial charge in [-0.2, -0.15) is 0 Å². The van der Waals surface area contributed by atoms with Gasteiger partial charge in [-0.25, -0.2) is 4.98 Å². The molecule has 3 heterocycles. The summed E-state index contributed by atoms with van der Waals surface area (Å²) in [5, 5.41) is 8.60. The molecule has 2 saturated heterocycles. The van der Waals surface area contributed by atoms with Crippen LogP contribution in [0.5, 0.6) is 0 Å². The van der Waals surface area contributed by atoms with Gasteiger partial charge >= 0.3 is 0 Å². The van der Waals surface area contributed by atoms with Gasteiger partial charge in [0.2, 0.25) is 0 Å². The molecular weight excluding hydrogens is 292 g/mol. The minimum atomic E-state index is -0.426. The highest BCUT2D eigenvalue weighted by Crippen LogP contribution is 2.18. The third-order valence-corrected chi connectivity index (χ3v) is 4.30. The standard InChI is InChI=1S/C13H20N4O3S/c18-12(11-7-14-1-4-20-11)16-13-15-10(9-21-13)8-17-2-5-19-6-3-17/h9,11,14H,1-8H2,(H,15,16,18). The lowest BCUT2D eigenvalue weighted by atomic mass is 10.3. The van der Waals surface area contributed by atoms with Crippen LogP contribution in [0.1, 0.15) is 5.69 Å². The molecule has 0 aromatic carbocycles. The number of amides is 1. The summed E-state index contributed by atoms with van der Waals surface area (Å²) in [5.41, 5.74) is 0.986. The summed E-state index contributed by atoms with van der Waals surface area (Å²) < 4.78 is 10.7. The Morgan fingerprint density at radius 2 is 2.33 bits per heavy atom. The van der Waals surface area contributed by atoms with E-state index in [1.165, 1.54) is 11.3 Å². The van der Waals surface area contributed by atoms with Gasteiger partial charge in [-0.15, -0.1) is 11.3 Å². The topological polar surface area (TPSA) is 75.7 Å². The van der Waals surface area contributed by atoms with Crippen LogP contribution < -0.4 is 10.6 Å². The van der Waals surface area contributed by atoms with Crippen LogP contribution in [0.25, 0.3) is 0 Å². The van der Waals surface area contributed by atoms with Gasteiger partial charge in [-0.3, -0.25) is 15.0 Å². The summed E-state index contributed by atoms with van der Waals surface area (Å²) in [6.45, 7) is 6.14. The number of nitrogens with zero attached hydrogens (tertiary/aromatic N) is 2. The number of morpholine rings is 2. The van der Waals surface area contributed by atoms with Crippen molar-refractivity contribution in [1.82, 2.24) is 15.2 Å². The molecule has 0 radical (unpaired) electrons. The highest BCUT2D eigenvalue weighted by atomic mass is 32.1. The molecule has 0 aliphatic carbocycles. The van der Waals surface area contributed by atoms with E-state index in [0.717, 1.165) is 45.1 Å². The van der Waals surface area contributed by atoms with E-state index in [0.29, 0.717) is 18.3 Å². The van der Waals surface area contributed by atoms with E-state index in [9.17, 15) is 4.79 Å². The molecule has 3 rings (SSSR count). The van der Waals surface area contributed by atoms with Crippen molar-refractivity contribution in [3.05, 3.63) is 11.1 Å². The van der Waals surface area contributed by atoms with E-state index < -0.39 is 6.10 Å². The van der Waals surface area contributed by atoms with Crippen LogP contribution in [0.4, 0.5) is 5.13 Å². The summed E-state index contributed by atoms with van der Waals surface area (Å²) in [5.74, 6) is -0.130. The molecule has 2 aliphatic rings. The molecule has 8 heteroatoms. The van der Waals surface area contributed by atoms with E-state index >= 15 is 0 Å². The smallest absolute Gasteiger partial charge is 0.256 e. The molecule has 0 spiro atoms. The number of carbonyl (C=O) groups is 1. The van der Waals surface area contributed by atoms with Gasteiger partial charge < -0.3 is 14.8 Å². The Kier molecular flexibility index (Phi) is 5.15. The van der Waals surface area contributed by atoms with Crippen molar-refractivity contribution >= 4 is 22.4 Å². The molecule has 2 aliphatic heterocycles. The van der Waals surface area contributed by atoms with Gasteiger partial charge in [0.15, 0.2) is 5.13 Å². The van der Waals surface area contributed by atoms with Crippen LogP contribution >= 0.6 is 11.3 Å². The molecule has 1 unspecified atom stereocenters. The van der Waals surface area contributed by atoms with E-state index in [2.05, 4.69) is 20.5 Å². The van der Waals surface area contributed by atoms with Crippen molar-refractivity contribution < 1.29 is 14.3 Å². The second-order valence-electron chi connectivity index (χ2n) is 5.09. The van der Waals surface area contributed by atoms with Gasteiger partial charge in [0.25, 0.3) is 5.91 Å². The average Bonchev–Trinajstić information content (AvgIpc) is 2.96. The molecule has 116 valence electrons. The third-order valence-electron chi connectivity index (χ3n) is 3.49. The van der Waals surface area contributed by atoms with E-state index in [1.807, 2.05) is 5.38 Å². The molecule has 1 amide bonds. The Labute approximate surface area is 127 Å². The molecule has 0 saturated carbocycles. The van der Waals surface area contributed by atoms with Crippen LogP contribution in [0, 0.1) is 0 Å². The molecule has 2 fully saturated rings. The zero-order chi connectivity index (χ0) is 14.5. The number of rotatable bonds is 4. The summed E-state index contributed by atoms with van der Waals surface area (Å²) in [6, 6.07) is 0. The maximum atomic E-state index is 12.0. The molecular formula is C13H20N4O3S. The lowest BCUT2D eigenvalue weighted by Gasteiger charge is -2.25. The average molecular weight is 312 g/mol. The molecule has 2 N–H and O–H groups in total. The van der Waals surface area contributed by atoms with Crippen molar-refractivity contribution in [1.29, 1.82) is 0 Å². The Morgan fingerprint density at radius 3 is 3.10 bits per heavy atom. The van der Waals surface area contributed by atoms with Gasteiger partial charge in [0.1, 0.15) is 6.10 Å². The van der Waals surface area contributed by atoms with Crippen molar-refractivity contribution in [3.63, 3.8) is 0 Å². The fourth-order valence-electron chi connectivity index (χ4n) is 2.35. The third kappa shape index (κ3) is 4.21. The van der Waals surface area contributed by atoms with Crippen molar-refractivity contribution in [3.8, 4) is 0 Å². The molecule has 1 atom stereocenters. The highest BCUT2D eigenvalue weighted by molar-refractivity contribution is 7.13. The van der Waals surface area contributed by atoms with Gasteiger partial charge in [0.05, 0.1) is 25.5 Å². The first-order chi connectivity index (χ1) is 10.3. The van der Waals surface area contributed by atoms with Crippen LogP contribution in [-0.2, 0) is 20.8 Å². The number of nitrogens with one attached hydrogen (secondary N) is 2. The summed E-state index contributed by atoms with van der Waals surface area (Å²) in [4.78, 5) is 18.8. The van der Waals surface area contributed by atoms with Crippen LogP contribution in [-0.4, -0.2) is 67.9 Å². The van der Waals surface area contributed by atoms with Gasteiger partial charge in [-0.1, -0.05) is 0 Å². The summed E-state index contributed by atoms with van der Waals surface area (Å²) in [6.07, 6.45) is -0.426. The minimum absolute atomic E-state index is 0.130. The first-order valence-corrected chi connectivity index (χ1v) is 8.07. The van der Waals surface area contributed by atoms with Crippen molar-refractivity contribution in [2.45, 2.75) is 12.6 Å². The van der Waals surface area contributed by atoms with E-state index in [4.69, 9.17) is 9.47 Å². The molecule has 21 heavy (non-hydrogen) atoms. The summed E-state index contributed by atoms with van der Waals surface area (Å²) >= 11 is 1.45. The molecule has 7 nitrogen and oxygen atoms in total. The molecule has 1 aromatic heterocycles. The predicted molar refractivity (Wildman–Crippen MR) is 79.4 cm³/mol. The number of anilines is 1. The number of carbonyl (C=O) groups excluding carboxylic acids is 1. The maximum absolute atomic E-state index is 12.0. The first kappa shape index (κ1) is 14.9. The highest BCUT2D eigenvalue weighted by Gasteiger charge is 2.22. The fourth-order valence-corrected chi connectivity index (χ4v) is 3.05. The number of hydrogen-bond acceptors (Lipinski definition) is 7. The fraction of sp³-hybridized carbons (Fsp3) is 0.692. The van der Waals surface area contributed by atoms with E-state index in [-0.39, 0.29) is 5.91 Å². The van der Waals surface area contributed by atoms with Crippen LogP contribution in [0.15, 0.2) is 5.38 Å². The second kappa shape index (κ2) is 7.28. The minimum Gasteiger partial charge on any atom is -0.379 e. The Balaban J connectivity index is 1.50. The van der Waals surface area contributed by atoms with Crippen LogP contribution in [0.3, 0.4) is 0 Å². The van der Waals surface area contributed by atoms with Gasteiger partial charge in [-0.05, 0) is 0 Å². The lowest BCUT2D eigenvalue weighted by molar-refractivity contribution is -0.128. The van der Waals surface area contributed by atoms with Crippen LogP contribution in [0.2, 0.25) is 0 Å². The van der Waals surface area contributed by atoms with Gasteiger partial charge in [0, 0.05) is 38.1 Å². The summed E-state index contributed by atoms with van der Waals surface area (Å²) in [7, 11) is 0. The largest absolute Gasteiger partial charge is 0.379 e. The molecule has 0 bridgehead atoms. The number of hydrogen-bond donors (Lipinski definition) is 2. The van der Waals surface area contributed by atoms with E-state index in [1.54, 1.807) is 0 Å². The Hall–Kier alpha value is -1.06. The Bertz CT molecular complexity index is 470. The predicted octanol–water partition coefficient (Wildman–Crippen LogP) is -0.0978. The number of ether oxygens (including phenoxy) is 2.